The van der Waals surface area contributed by atoms with Crippen molar-refractivity contribution in [3.8, 4) is 0 Å². The molecule has 0 saturated heterocycles. The number of hydrogen-bond donors (Lipinski definition) is 4. The second kappa shape index (κ2) is 8.19. The van der Waals surface area contributed by atoms with Crippen molar-refractivity contribution in [3.05, 3.63) is 58.8 Å². The van der Waals surface area contributed by atoms with E-state index in [1.807, 2.05) is 18.2 Å². The fourth-order valence-electron chi connectivity index (χ4n) is 2.42. The van der Waals surface area contributed by atoms with Crippen LogP contribution >= 0.6 is 0 Å². The molecule has 0 radical (unpaired) electrons. The predicted molar refractivity (Wildman–Crippen MR) is 91.9 cm³/mol. The van der Waals surface area contributed by atoms with E-state index >= 15 is 0 Å². The van der Waals surface area contributed by atoms with E-state index in [4.69, 9.17) is 11.6 Å². The Bertz CT molecular complexity index is 746. The number of nitrogens with one attached hydrogen (secondary N) is 2. The average Bonchev–Trinajstić information content (AvgIpc) is 2.58. The number of aryl methyl sites for hydroxylation is 2. The fourth-order valence-corrected chi connectivity index (χ4v) is 2.42. The summed E-state index contributed by atoms with van der Waals surface area (Å²) in [6.45, 7) is 1.78. The van der Waals surface area contributed by atoms with Gasteiger partial charge < -0.3 is 11.1 Å². The highest BCUT2D eigenvalue weighted by Gasteiger charge is 2.09. The van der Waals surface area contributed by atoms with Gasteiger partial charge in [0.15, 0.2) is 0 Å². The number of anilines is 1. The van der Waals surface area contributed by atoms with E-state index in [0.717, 1.165) is 23.2 Å². The standard InChI is InChI=1S/C17H21N5O2/c1-11(23)20-16-4-2-3-15(21-16)8-7-12-5-6-13(17(24)22-19)9-14(12)10-18/h2-6,9H,7-8,10,18-19H2,1H3,(H,22,24)(H,20,21,23). The zero-order chi connectivity index (χ0) is 17.5. The zero-order valence-electron chi connectivity index (χ0n) is 13.5. The molecule has 0 spiro atoms. The summed E-state index contributed by atoms with van der Waals surface area (Å²) in [6, 6.07) is 10.9. The minimum Gasteiger partial charge on any atom is -0.326 e. The van der Waals surface area contributed by atoms with E-state index in [1.54, 1.807) is 18.2 Å². The quantitative estimate of drug-likeness (QED) is 0.356. The monoisotopic (exact) mass is 327 g/mol. The molecule has 0 aliphatic carbocycles. The summed E-state index contributed by atoms with van der Waals surface area (Å²) >= 11 is 0. The van der Waals surface area contributed by atoms with E-state index in [2.05, 4.69) is 15.7 Å². The molecule has 0 bridgehead atoms. The maximum absolute atomic E-state index is 11.6. The van der Waals surface area contributed by atoms with Gasteiger partial charge in [-0.05, 0) is 48.2 Å². The average molecular weight is 327 g/mol. The fraction of sp³-hybridized carbons (Fsp3) is 0.235. The van der Waals surface area contributed by atoms with Crippen LogP contribution in [0.1, 0.15) is 34.1 Å². The first kappa shape index (κ1) is 17.6. The molecule has 2 aromatic rings. The summed E-state index contributed by atoms with van der Waals surface area (Å²) < 4.78 is 0. The summed E-state index contributed by atoms with van der Waals surface area (Å²) in [7, 11) is 0. The normalized spacial score (nSPS) is 10.3. The summed E-state index contributed by atoms with van der Waals surface area (Å²) in [5, 5.41) is 2.67. The molecule has 2 amide bonds. The molecule has 0 atom stereocenters. The van der Waals surface area contributed by atoms with Gasteiger partial charge in [0, 0.05) is 24.7 Å². The number of rotatable bonds is 6. The molecule has 0 aliphatic heterocycles. The van der Waals surface area contributed by atoms with Crippen molar-refractivity contribution < 1.29 is 9.59 Å². The first-order valence-electron chi connectivity index (χ1n) is 7.60. The number of benzene rings is 1. The number of pyridine rings is 1. The SMILES string of the molecule is CC(=O)Nc1cccc(CCc2ccc(C(=O)NN)cc2CN)n1. The molecule has 126 valence electrons. The Kier molecular flexibility index (Phi) is 6.00. The molecule has 7 heteroatoms. The molecular weight excluding hydrogens is 306 g/mol. The van der Waals surface area contributed by atoms with Crippen molar-refractivity contribution in [2.45, 2.75) is 26.3 Å². The summed E-state index contributed by atoms with van der Waals surface area (Å²) in [4.78, 5) is 27.1. The van der Waals surface area contributed by atoms with Crippen LogP contribution in [0.5, 0.6) is 0 Å². The van der Waals surface area contributed by atoms with E-state index in [0.29, 0.717) is 24.3 Å². The number of nitrogens with zero attached hydrogens (tertiary/aromatic N) is 1. The second-order valence-electron chi connectivity index (χ2n) is 5.36. The molecule has 0 aliphatic rings. The van der Waals surface area contributed by atoms with Crippen LogP contribution in [0.25, 0.3) is 0 Å². The Labute approximate surface area is 140 Å². The van der Waals surface area contributed by atoms with E-state index in [1.165, 1.54) is 6.92 Å². The number of carbonyl (C=O) groups excluding carboxylic acids is 2. The lowest BCUT2D eigenvalue weighted by atomic mass is 9.99. The van der Waals surface area contributed by atoms with Gasteiger partial charge in [-0.1, -0.05) is 12.1 Å². The zero-order valence-corrected chi connectivity index (χ0v) is 13.5. The van der Waals surface area contributed by atoms with Gasteiger partial charge in [-0.2, -0.15) is 0 Å². The minimum absolute atomic E-state index is 0.154. The predicted octanol–water partition coefficient (Wildman–Crippen LogP) is 0.887. The van der Waals surface area contributed by atoms with Crippen molar-refractivity contribution >= 4 is 17.6 Å². The van der Waals surface area contributed by atoms with Crippen LogP contribution in [0.2, 0.25) is 0 Å². The third-order valence-electron chi connectivity index (χ3n) is 3.58. The van der Waals surface area contributed by atoms with Crippen molar-refractivity contribution in [1.82, 2.24) is 10.4 Å². The summed E-state index contributed by atoms with van der Waals surface area (Å²) in [6.07, 6.45) is 1.43. The number of nitrogen functional groups attached to an aromatic ring is 1. The Balaban J connectivity index is 2.11. The lowest BCUT2D eigenvalue weighted by Gasteiger charge is -2.10. The maximum atomic E-state index is 11.6. The largest absolute Gasteiger partial charge is 0.326 e. The molecule has 1 aromatic heterocycles. The molecule has 0 unspecified atom stereocenters. The lowest BCUT2D eigenvalue weighted by molar-refractivity contribution is -0.114. The maximum Gasteiger partial charge on any atom is 0.265 e. The van der Waals surface area contributed by atoms with Crippen LogP contribution in [0.15, 0.2) is 36.4 Å². The molecular formula is C17H21N5O2. The van der Waals surface area contributed by atoms with E-state index < -0.39 is 0 Å². The number of nitrogens with two attached hydrogens (primary N) is 2. The van der Waals surface area contributed by atoms with Gasteiger partial charge in [0.2, 0.25) is 5.91 Å². The van der Waals surface area contributed by atoms with Gasteiger partial charge in [-0.3, -0.25) is 15.0 Å². The third kappa shape index (κ3) is 4.61. The number of carbonyl (C=O) groups is 2. The van der Waals surface area contributed by atoms with Gasteiger partial charge >= 0.3 is 0 Å². The van der Waals surface area contributed by atoms with Gasteiger partial charge in [0.1, 0.15) is 5.82 Å². The Hall–Kier alpha value is -2.77. The Morgan fingerprint density at radius 1 is 1.12 bits per heavy atom. The highest BCUT2D eigenvalue weighted by atomic mass is 16.2. The number of hydrogen-bond acceptors (Lipinski definition) is 5. The Morgan fingerprint density at radius 3 is 2.58 bits per heavy atom. The van der Waals surface area contributed by atoms with E-state index in [-0.39, 0.29) is 11.8 Å². The molecule has 6 N–H and O–H groups in total. The van der Waals surface area contributed by atoms with Crippen molar-refractivity contribution in [1.29, 1.82) is 0 Å². The number of aromatic nitrogens is 1. The second-order valence-corrected chi connectivity index (χ2v) is 5.36. The highest BCUT2D eigenvalue weighted by molar-refractivity contribution is 5.94. The van der Waals surface area contributed by atoms with Crippen LogP contribution in [0.3, 0.4) is 0 Å². The first-order valence-corrected chi connectivity index (χ1v) is 7.60. The van der Waals surface area contributed by atoms with Crippen LogP contribution in [-0.2, 0) is 24.2 Å². The van der Waals surface area contributed by atoms with Crippen LogP contribution < -0.4 is 22.3 Å². The molecule has 1 heterocycles. The van der Waals surface area contributed by atoms with Gasteiger partial charge in [0.05, 0.1) is 0 Å². The molecule has 7 nitrogen and oxygen atoms in total. The van der Waals surface area contributed by atoms with E-state index in [9.17, 15) is 9.59 Å². The van der Waals surface area contributed by atoms with Crippen molar-refractivity contribution in [2.75, 3.05) is 5.32 Å². The first-order chi connectivity index (χ1) is 11.5. The van der Waals surface area contributed by atoms with Crippen molar-refractivity contribution in [2.24, 2.45) is 11.6 Å². The Morgan fingerprint density at radius 2 is 1.92 bits per heavy atom. The van der Waals surface area contributed by atoms with Gasteiger partial charge in [-0.15, -0.1) is 0 Å². The topological polar surface area (TPSA) is 123 Å². The third-order valence-corrected chi connectivity index (χ3v) is 3.58. The van der Waals surface area contributed by atoms with Crippen LogP contribution in [-0.4, -0.2) is 16.8 Å². The summed E-state index contributed by atoms with van der Waals surface area (Å²) in [5.41, 5.74) is 11.2. The summed E-state index contributed by atoms with van der Waals surface area (Å²) in [5.74, 6) is 5.18. The molecule has 2 rings (SSSR count). The molecule has 0 saturated carbocycles. The van der Waals surface area contributed by atoms with Gasteiger partial charge in [-0.25, -0.2) is 10.8 Å². The molecule has 1 aromatic carbocycles. The molecule has 24 heavy (non-hydrogen) atoms. The molecule has 0 fully saturated rings. The van der Waals surface area contributed by atoms with Crippen LogP contribution in [0.4, 0.5) is 5.82 Å². The van der Waals surface area contributed by atoms with Crippen molar-refractivity contribution in [3.63, 3.8) is 0 Å². The van der Waals surface area contributed by atoms with Gasteiger partial charge in [0.25, 0.3) is 5.91 Å². The smallest absolute Gasteiger partial charge is 0.265 e. The number of hydrazine groups is 1. The lowest BCUT2D eigenvalue weighted by Crippen LogP contribution is -2.30. The highest BCUT2D eigenvalue weighted by Crippen LogP contribution is 2.15. The number of amides is 2. The minimum atomic E-state index is -0.346. The van der Waals surface area contributed by atoms with Crippen LogP contribution in [0, 0.1) is 0 Å².